The second-order valence-electron chi connectivity index (χ2n) is 5.02. The molecule has 0 unspecified atom stereocenters. The number of likely N-dealkylation sites (N-methyl/N-ethyl adjacent to an activating group) is 1. The SMILES string of the molecule is CNC(C)(C)C(=O)Nc1ccc(C2OCCO2)cc1. The van der Waals surface area contributed by atoms with Gasteiger partial charge in [-0.05, 0) is 33.0 Å². The van der Waals surface area contributed by atoms with E-state index in [1.54, 1.807) is 7.05 Å². The Kier molecular flexibility index (Phi) is 4.19. The van der Waals surface area contributed by atoms with Gasteiger partial charge in [0.05, 0.1) is 18.8 Å². The van der Waals surface area contributed by atoms with Crippen molar-refractivity contribution in [1.29, 1.82) is 0 Å². The molecule has 0 radical (unpaired) electrons. The number of hydrogen-bond acceptors (Lipinski definition) is 4. The summed E-state index contributed by atoms with van der Waals surface area (Å²) in [5, 5.41) is 5.83. The maximum atomic E-state index is 12.0. The molecule has 1 aliphatic heterocycles. The smallest absolute Gasteiger partial charge is 0.244 e. The minimum Gasteiger partial charge on any atom is -0.346 e. The van der Waals surface area contributed by atoms with Crippen LogP contribution in [0.1, 0.15) is 25.7 Å². The number of benzene rings is 1. The van der Waals surface area contributed by atoms with E-state index in [0.717, 1.165) is 11.3 Å². The molecule has 1 amide bonds. The first kappa shape index (κ1) is 14.0. The van der Waals surface area contributed by atoms with E-state index in [9.17, 15) is 4.79 Å². The molecule has 0 bridgehead atoms. The summed E-state index contributed by atoms with van der Waals surface area (Å²) in [5.74, 6) is -0.0730. The third-order valence-corrected chi connectivity index (χ3v) is 3.26. The lowest BCUT2D eigenvalue weighted by Crippen LogP contribution is -2.47. The lowest BCUT2D eigenvalue weighted by Gasteiger charge is -2.22. The summed E-state index contributed by atoms with van der Waals surface area (Å²) in [6.45, 7) is 4.91. The molecule has 1 heterocycles. The van der Waals surface area contributed by atoms with Gasteiger partial charge in [0.25, 0.3) is 0 Å². The molecule has 2 rings (SSSR count). The number of carbonyl (C=O) groups is 1. The van der Waals surface area contributed by atoms with Crippen molar-refractivity contribution < 1.29 is 14.3 Å². The van der Waals surface area contributed by atoms with Crippen molar-refractivity contribution in [3.8, 4) is 0 Å². The fraction of sp³-hybridized carbons (Fsp3) is 0.500. The molecule has 5 heteroatoms. The van der Waals surface area contributed by atoms with Crippen LogP contribution >= 0.6 is 0 Å². The van der Waals surface area contributed by atoms with Gasteiger partial charge in [-0.25, -0.2) is 0 Å². The summed E-state index contributed by atoms with van der Waals surface area (Å²) in [6.07, 6.45) is -0.279. The molecule has 0 saturated carbocycles. The highest BCUT2D eigenvalue weighted by atomic mass is 16.7. The van der Waals surface area contributed by atoms with Crippen LogP contribution in [-0.2, 0) is 14.3 Å². The highest BCUT2D eigenvalue weighted by Crippen LogP contribution is 2.24. The van der Waals surface area contributed by atoms with Crippen LogP contribution in [0.4, 0.5) is 5.69 Å². The molecule has 19 heavy (non-hydrogen) atoms. The van der Waals surface area contributed by atoms with Crippen LogP contribution in [0.2, 0.25) is 0 Å². The van der Waals surface area contributed by atoms with Gasteiger partial charge in [0, 0.05) is 11.3 Å². The second kappa shape index (κ2) is 5.69. The maximum absolute atomic E-state index is 12.0. The Morgan fingerprint density at radius 2 is 1.79 bits per heavy atom. The van der Waals surface area contributed by atoms with Crippen LogP contribution < -0.4 is 10.6 Å². The quantitative estimate of drug-likeness (QED) is 0.868. The van der Waals surface area contributed by atoms with E-state index >= 15 is 0 Å². The maximum Gasteiger partial charge on any atom is 0.244 e. The molecule has 0 spiro atoms. The Morgan fingerprint density at radius 3 is 2.32 bits per heavy atom. The van der Waals surface area contributed by atoms with Crippen LogP contribution in [-0.4, -0.2) is 31.7 Å². The first-order valence-corrected chi connectivity index (χ1v) is 6.36. The van der Waals surface area contributed by atoms with Gasteiger partial charge in [0.2, 0.25) is 5.91 Å². The van der Waals surface area contributed by atoms with Gasteiger partial charge in [-0.3, -0.25) is 4.79 Å². The van der Waals surface area contributed by atoms with Crippen molar-refractivity contribution in [1.82, 2.24) is 5.32 Å². The van der Waals surface area contributed by atoms with Gasteiger partial charge in [-0.2, -0.15) is 0 Å². The molecule has 1 aliphatic rings. The summed E-state index contributed by atoms with van der Waals surface area (Å²) < 4.78 is 10.8. The normalized spacial score (nSPS) is 16.6. The number of carbonyl (C=O) groups excluding carboxylic acids is 1. The molecule has 5 nitrogen and oxygen atoms in total. The highest BCUT2D eigenvalue weighted by molar-refractivity contribution is 5.97. The minimum absolute atomic E-state index is 0.0730. The molecule has 0 aliphatic carbocycles. The first-order chi connectivity index (χ1) is 9.03. The summed E-state index contributed by atoms with van der Waals surface area (Å²) in [7, 11) is 1.76. The zero-order chi connectivity index (χ0) is 13.9. The minimum atomic E-state index is -0.601. The molecule has 1 saturated heterocycles. The van der Waals surface area contributed by atoms with E-state index in [4.69, 9.17) is 9.47 Å². The lowest BCUT2D eigenvalue weighted by molar-refractivity contribution is -0.121. The highest BCUT2D eigenvalue weighted by Gasteiger charge is 2.25. The predicted molar refractivity (Wildman–Crippen MR) is 72.9 cm³/mol. The van der Waals surface area contributed by atoms with E-state index in [1.165, 1.54) is 0 Å². The van der Waals surface area contributed by atoms with Crippen LogP contribution in [0.3, 0.4) is 0 Å². The molecule has 1 fully saturated rings. The zero-order valence-electron chi connectivity index (χ0n) is 11.5. The summed E-state index contributed by atoms with van der Waals surface area (Å²) in [5.41, 5.74) is 1.12. The Balaban J connectivity index is 2.00. The van der Waals surface area contributed by atoms with Crippen LogP contribution in [0.5, 0.6) is 0 Å². The third-order valence-electron chi connectivity index (χ3n) is 3.26. The summed E-state index contributed by atoms with van der Waals surface area (Å²) in [6, 6.07) is 7.50. The van der Waals surface area contributed by atoms with Gasteiger partial charge in [-0.1, -0.05) is 12.1 Å². The monoisotopic (exact) mass is 264 g/mol. The van der Waals surface area contributed by atoms with E-state index in [2.05, 4.69) is 10.6 Å². The van der Waals surface area contributed by atoms with E-state index in [0.29, 0.717) is 13.2 Å². The van der Waals surface area contributed by atoms with Crippen molar-refractivity contribution in [3.05, 3.63) is 29.8 Å². The number of anilines is 1. The van der Waals surface area contributed by atoms with Crippen LogP contribution in [0.25, 0.3) is 0 Å². The summed E-state index contributed by atoms with van der Waals surface area (Å²) in [4.78, 5) is 12.0. The molecule has 1 aromatic carbocycles. The topological polar surface area (TPSA) is 59.6 Å². The fourth-order valence-electron chi connectivity index (χ4n) is 1.68. The number of nitrogens with one attached hydrogen (secondary N) is 2. The summed E-state index contributed by atoms with van der Waals surface area (Å²) >= 11 is 0. The Bertz CT molecular complexity index is 437. The molecule has 0 atom stereocenters. The fourth-order valence-corrected chi connectivity index (χ4v) is 1.68. The molecule has 2 N–H and O–H groups in total. The van der Waals surface area contributed by atoms with Crippen molar-refractivity contribution >= 4 is 11.6 Å². The molecule has 1 aromatic rings. The molecule has 104 valence electrons. The van der Waals surface area contributed by atoms with Gasteiger partial charge in [0.15, 0.2) is 6.29 Å². The molecular formula is C14H20N2O3. The average molecular weight is 264 g/mol. The predicted octanol–water partition coefficient (Wildman–Crippen LogP) is 1.67. The van der Waals surface area contributed by atoms with Crippen LogP contribution in [0, 0.1) is 0 Å². The van der Waals surface area contributed by atoms with Crippen molar-refractivity contribution in [2.75, 3.05) is 25.6 Å². The van der Waals surface area contributed by atoms with E-state index in [1.807, 2.05) is 38.1 Å². The molecule has 0 aromatic heterocycles. The number of hydrogen-bond donors (Lipinski definition) is 2. The molecular weight excluding hydrogens is 244 g/mol. The number of amides is 1. The Hall–Kier alpha value is -1.43. The first-order valence-electron chi connectivity index (χ1n) is 6.36. The number of ether oxygens (including phenoxy) is 2. The second-order valence-corrected chi connectivity index (χ2v) is 5.02. The van der Waals surface area contributed by atoms with Crippen molar-refractivity contribution in [3.63, 3.8) is 0 Å². The van der Waals surface area contributed by atoms with Gasteiger partial charge < -0.3 is 20.1 Å². The van der Waals surface area contributed by atoms with Gasteiger partial charge >= 0.3 is 0 Å². The number of rotatable bonds is 4. The largest absolute Gasteiger partial charge is 0.346 e. The van der Waals surface area contributed by atoms with E-state index < -0.39 is 5.54 Å². The third kappa shape index (κ3) is 3.32. The van der Waals surface area contributed by atoms with Crippen molar-refractivity contribution in [2.24, 2.45) is 0 Å². The zero-order valence-corrected chi connectivity index (χ0v) is 11.5. The van der Waals surface area contributed by atoms with E-state index in [-0.39, 0.29) is 12.2 Å². The average Bonchev–Trinajstić information content (AvgIpc) is 2.93. The lowest BCUT2D eigenvalue weighted by atomic mass is 10.0. The standard InChI is InChI=1S/C14H20N2O3/c1-14(2,15-3)13(17)16-11-6-4-10(5-7-11)12-18-8-9-19-12/h4-7,12,15H,8-9H2,1-3H3,(H,16,17). The Labute approximate surface area is 113 Å². The van der Waals surface area contributed by atoms with Gasteiger partial charge in [0.1, 0.15) is 0 Å². The Morgan fingerprint density at radius 1 is 1.21 bits per heavy atom. The van der Waals surface area contributed by atoms with Crippen molar-refractivity contribution in [2.45, 2.75) is 25.7 Å². The van der Waals surface area contributed by atoms with Crippen LogP contribution in [0.15, 0.2) is 24.3 Å². The van der Waals surface area contributed by atoms with Gasteiger partial charge in [-0.15, -0.1) is 0 Å².